The van der Waals surface area contributed by atoms with Gasteiger partial charge in [-0.2, -0.15) is 13.6 Å². The molecule has 0 saturated carbocycles. The SMILES string of the molecule is CC1CN[P+]2(O1)OC(C)(C)C(C)(C)O2. The second-order valence-electron chi connectivity index (χ2n) is 4.98. The minimum Gasteiger partial charge on any atom is -0.158 e. The van der Waals surface area contributed by atoms with Crippen LogP contribution in [0.4, 0.5) is 0 Å². The first-order chi connectivity index (χ1) is 6.27. The Morgan fingerprint density at radius 1 is 1.14 bits per heavy atom. The van der Waals surface area contributed by atoms with E-state index >= 15 is 0 Å². The Kier molecular flexibility index (Phi) is 2.23. The highest BCUT2D eigenvalue weighted by atomic mass is 31.2. The first kappa shape index (κ1) is 10.8. The summed E-state index contributed by atoms with van der Waals surface area (Å²) in [5, 5.41) is 3.24. The maximum absolute atomic E-state index is 5.94. The molecule has 1 atom stereocenters. The zero-order chi connectivity index (χ0) is 10.6. The second kappa shape index (κ2) is 2.89. The standard InChI is InChI=1S/C9H19NO3P/c1-7-6-10-14(11-7)12-8(2,3)9(4,5)13-14/h7,10H,6H2,1-5H3/q+1. The quantitative estimate of drug-likeness (QED) is 0.636. The summed E-state index contributed by atoms with van der Waals surface area (Å²) in [6.07, 6.45) is 0.174. The van der Waals surface area contributed by atoms with Crippen LogP contribution < -0.4 is 5.09 Å². The van der Waals surface area contributed by atoms with Crippen molar-refractivity contribution in [1.29, 1.82) is 0 Å². The van der Waals surface area contributed by atoms with Crippen LogP contribution in [0, 0.1) is 0 Å². The summed E-state index contributed by atoms with van der Waals surface area (Å²) < 4.78 is 17.6. The van der Waals surface area contributed by atoms with Gasteiger partial charge in [0.2, 0.25) is 0 Å². The summed E-state index contributed by atoms with van der Waals surface area (Å²) in [7, 11) is -2.25. The monoisotopic (exact) mass is 220 g/mol. The van der Waals surface area contributed by atoms with Gasteiger partial charge in [0.25, 0.3) is 0 Å². The third-order valence-electron chi connectivity index (χ3n) is 3.04. The first-order valence-corrected chi connectivity index (χ1v) is 6.55. The van der Waals surface area contributed by atoms with Gasteiger partial charge in [0.1, 0.15) is 17.3 Å². The highest BCUT2D eigenvalue weighted by molar-refractivity contribution is 7.60. The molecule has 0 aromatic heterocycles. The minimum absolute atomic E-state index is 0.174. The van der Waals surface area contributed by atoms with E-state index in [0.29, 0.717) is 0 Å². The van der Waals surface area contributed by atoms with Crippen LogP contribution >= 0.6 is 8.09 Å². The predicted octanol–water partition coefficient (Wildman–Crippen LogP) is 2.28. The van der Waals surface area contributed by atoms with Gasteiger partial charge in [0, 0.05) is 0 Å². The molecule has 0 radical (unpaired) electrons. The number of hydrogen-bond donors (Lipinski definition) is 1. The lowest BCUT2D eigenvalue weighted by Crippen LogP contribution is -2.41. The molecule has 2 aliphatic rings. The fourth-order valence-corrected chi connectivity index (χ4v) is 4.50. The van der Waals surface area contributed by atoms with Gasteiger partial charge >= 0.3 is 8.09 Å². The number of nitrogens with one attached hydrogen (secondary N) is 1. The molecule has 5 heteroatoms. The molecule has 2 rings (SSSR count). The Morgan fingerprint density at radius 3 is 2.00 bits per heavy atom. The number of hydrogen-bond acceptors (Lipinski definition) is 4. The van der Waals surface area contributed by atoms with E-state index in [0.717, 1.165) is 6.54 Å². The van der Waals surface area contributed by atoms with E-state index in [9.17, 15) is 0 Å². The molecule has 1 N–H and O–H groups in total. The summed E-state index contributed by atoms with van der Waals surface area (Å²) >= 11 is 0. The van der Waals surface area contributed by atoms with Crippen molar-refractivity contribution in [1.82, 2.24) is 5.09 Å². The van der Waals surface area contributed by atoms with Crippen molar-refractivity contribution in [3.63, 3.8) is 0 Å². The molecule has 1 spiro atoms. The third kappa shape index (κ3) is 1.50. The van der Waals surface area contributed by atoms with E-state index in [2.05, 4.69) is 5.09 Å². The van der Waals surface area contributed by atoms with Crippen molar-refractivity contribution in [3.8, 4) is 0 Å². The number of rotatable bonds is 0. The van der Waals surface area contributed by atoms with Crippen molar-refractivity contribution in [2.24, 2.45) is 0 Å². The van der Waals surface area contributed by atoms with Crippen LogP contribution in [-0.4, -0.2) is 23.9 Å². The predicted molar refractivity (Wildman–Crippen MR) is 55.8 cm³/mol. The molecule has 4 nitrogen and oxygen atoms in total. The Balaban J connectivity index is 2.21. The normalized spacial score (nSPS) is 37.9. The smallest absolute Gasteiger partial charge is 0.158 e. The van der Waals surface area contributed by atoms with E-state index in [1.54, 1.807) is 0 Å². The Bertz CT molecular complexity index is 238. The lowest BCUT2D eigenvalue weighted by Gasteiger charge is -2.24. The molecule has 1 unspecified atom stereocenters. The van der Waals surface area contributed by atoms with E-state index in [-0.39, 0.29) is 17.3 Å². The van der Waals surface area contributed by atoms with Gasteiger partial charge in [-0.1, -0.05) is 0 Å². The van der Waals surface area contributed by atoms with Crippen molar-refractivity contribution in [2.75, 3.05) is 6.54 Å². The van der Waals surface area contributed by atoms with Crippen LogP contribution in [0.1, 0.15) is 34.6 Å². The van der Waals surface area contributed by atoms with Crippen LogP contribution in [0.15, 0.2) is 0 Å². The summed E-state index contributed by atoms with van der Waals surface area (Å²) in [5.74, 6) is 0. The molecule has 0 amide bonds. The Morgan fingerprint density at radius 2 is 1.64 bits per heavy atom. The van der Waals surface area contributed by atoms with Crippen LogP contribution in [0.3, 0.4) is 0 Å². The Labute approximate surface area is 85.9 Å². The molecule has 14 heavy (non-hydrogen) atoms. The minimum atomic E-state index is -2.25. The molecule has 0 bridgehead atoms. The summed E-state index contributed by atoms with van der Waals surface area (Å²) in [6, 6.07) is 0. The molecule has 2 fully saturated rings. The summed E-state index contributed by atoms with van der Waals surface area (Å²) in [5.41, 5.74) is -0.615. The molecule has 0 aromatic carbocycles. The van der Waals surface area contributed by atoms with E-state index in [4.69, 9.17) is 13.6 Å². The lowest BCUT2D eigenvalue weighted by atomic mass is 9.90. The first-order valence-electron chi connectivity index (χ1n) is 5.00. The van der Waals surface area contributed by atoms with Gasteiger partial charge < -0.3 is 0 Å². The van der Waals surface area contributed by atoms with Crippen molar-refractivity contribution in [2.45, 2.75) is 51.9 Å². The van der Waals surface area contributed by atoms with Crippen LogP contribution in [0.25, 0.3) is 0 Å². The topological polar surface area (TPSA) is 39.7 Å². The van der Waals surface area contributed by atoms with Gasteiger partial charge in [-0.15, -0.1) is 5.09 Å². The molecular weight excluding hydrogens is 201 g/mol. The maximum atomic E-state index is 5.94. The molecule has 82 valence electrons. The largest absolute Gasteiger partial charge is 0.503 e. The van der Waals surface area contributed by atoms with Crippen LogP contribution in [0.5, 0.6) is 0 Å². The van der Waals surface area contributed by atoms with E-state index in [1.165, 1.54) is 0 Å². The molecule has 2 heterocycles. The molecule has 0 aliphatic carbocycles. The zero-order valence-electron chi connectivity index (χ0n) is 9.46. The average Bonchev–Trinajstić information content (AvgIpc) is 2.35. The van der Waals surface area contributed by atoms with Gasteiger partial charge in [-0.05, 0) is 34.6 Å². The Hall–Kier alpha value is 0.270. The van der Waals surface area contributed by atoms with Gasteiger partial charge in [-0.25, -0.2) is 0 Å². The van der Waals surface area contributed by atoms with E-state index in [1.807, 2.05) is 34.6 Å². The maximum Gasteiger partial charge on any atom is 0.503 e. The van der Waals surface area contributed by atoms with Crippen molar-refractivity contribution in [3.05, 3.63) is 0 Å². The van der Waals surface area contributed by atoms with Crippen molar-refractivity contribution >= 4 is 8.09 Å². The van der Waals surface area contributed by atoms with E-state index < -0.39 is 8.09 Å². The molecule has 0 aromatic rings. The zero-order valence-corrected chi connectivity index (χ0v) is 10.4. The van der Waals surface area contributed by atoms with Gasteiger partial charge in [0.05, 0.1) is 6.54 Å². The molecule has 2 saturated heterocycles. The van der Waals surface area contributed by atoms with Gasteiger partial charge in [0.15, 0.2) is 0 Å². The van der Waals surface area contributed by atoms with Crippen LogP contribution in [0.2, 0.25) is 0 Å². The van der Waals surface area contributed by atoms with Gasteiger partial charge in [-0.3, -0.25) is 0 Å². The third-order valence-corrected chi connectivity index (χ3v) is 5.64. The molecule has 2 aliphatic heterocycles. The highest BCUT2D eigenvalue weighted by Gasteiger charge is 2.70. The summed E-state index contributed by atoms with van der Waals surface area (Å²) in [6.45, 7) is 11.0. The van der Waals surface area contributed by atoms with Crippen molar-refractivity contribution < 1.29 is 13.6 Å². The second-order valence-corrected chi connectivity index (χ2v) is 6.87. The average molecular weight is 220 g/mol. The summed E-state index contributed by atoms with van der Waals surface area (Å²) in [4.78, 5) is 0. The lowest BCUT2D eigenvalue weighted by molar-refractivity contribution is 0.00578. The fraction of sp³-hybridized carbons (Fsp3) is 1.00. The van der Waals surface area contributed by atoms with Crippen LogP contribution in [-0.2, 0) is 13.6 Å². The fourth-order valence-electron chi connectivity index (χ4n) is 1.50. The highest BCUT2D eigenvalue weighted by Crippen LogP contribution is 2.72. The molecular formula is C9H19NO3P+.